The summed E-state index contributed by atoms with van der Waals surface area (Å²) >= 11 is 0. The normalized spacial score (nSPS) is 19.9. The highest BCUT2D eigenvalue weighted by atomic mass is 32.2. The molecular weight excluding hydrogens is 346 g/mol. The molecule has 8 heteroatoms. The van der Waals surface area contributed by atoms with Gasteiger partial charge >= 0.3 is 5.97 Å². The number of hydrogen-bond donors (Lipinski definition) is 4. The van der Waals surface area contributed by atoms with Gasteiger partial charge in [-0.3, -0.25) is 4.55 Å². The maximum atomic E-state index is 11.5. The lowest BCUT2D eigenvalue weighted by atomic mass is 10.0. The second kappa shape index (κ2) is 5.99. The average molecular weight is 361 g/mol. The molecule has 1 aliphatic rings. The van der Waals surface area contributed by atoms with Crippen LogP contribution in [0.5, 0.6) is 0 Å². The molecule has 0 spiro atoms. The van der Waals surface area contributed by atoms with Crippen molar-refractivity contribution in [3.8, 4) is 0 Å². The molecule has 0 aliphatic heterocycles. The first-order valence-corrected chi connectivity index (χ1v) is 8.75. The molecule has 0 saturated carbocycles. The second-order valence-electron chi connectivity index (χ2n) is 5.73. The van der Waals surface area contributed by atoms with Crippen molar-refractivity contribution < 1.29 is 28.0 Å². The van der Waals surface area contributed by atoms with Crippen molar-refractivity contribution in [3.63, 3.8) is 0 Å². The Hall–Kier alpha value is -2.68. The molecule has 0 radical (unpaired) electrons. The minimum Gasteiger partial charge on any atom is -0.478 e. The number of carboxylic acid groups (broad SMARTS) is 1. The van der Waals surface area contributed by atoms with E-state index < -0.39 is 21.8 Å². The van der Waals surface area contributed by atoms with E-state index in [1.54, 1.807) is 18.2 Å². The molecule has 25 heavy (non-hydrogen) atoms. The molecule has 1 unspecified atom stereocenters. The Kier molecular flexibility index (Phi) is 4.11. The first kappa shape index (κ1) is 17.2. The molecule has 130 valence electrons. The van der Waals surface area contributed by atoms with Gasteiger partial charge in [0.2, 0.25) is 0 Å². The molecular formula is C17H15NO6S. The molecule has 1 aliphatic carbocycles. The van der Waals surface area contributed by atoms with Gasteiger partial charge in [-0.05, 0) is 35.7 Å². The molecule has 2 aromatic rings. The van der Waals surface area contributed by atoms with Crippen LogP contribution in [0, 0.1) is 0 Å². The smallest absolute Gasteiger partial charge is 0.335 e. The van der Waals surface area contributed by atoms with Gasteiger partial charge in [0, 0.05) is 17.5 Å². The number of nitrogens with one attached hydrogen (secondary N) is 1. The van der Waals surface area contributed by atoms with Crippen molar-refractivity contribution in [2.75, 3.05) is 5.32 Å². The van der Waals surface area contributed by atoms with Gasteiger partial charge in [0.15, 0.2) is 5.72 Å². The number of carbonyl (C=O) groups is 1. The fraction of sp³-hybridized carbons (Fsp3) is 0.118. The lowest BCUT2D eigenvalue weighted by molar-refractivity contribution is 0.0697. The number of hydrogen-bond acceptors (Lipinski definition) is 5. The number of benzene rings is 2. The van der Waals surface area contributed by atoms with Gasteiger partial charge in [-0.15, -0.1) is 0 Å². The summed E-state index contributed by atoms with van der Waals surface area (Å²) < 4.78 is 32.4. The first-order chi connectivity index (χ1) is 11.7. The molecule has 4 N–H and O–H groups in total. The van der Waals surface area contributed by atoms with E-state index in [2.05, 4.69) is 5.32 Å². The summed E-state index contributed by atoms with van der Waals surface area (Å²) in [5.74, 6) is -1.13. The number of anilines is 1. The van der Waals surface area contributed by atoms with E-state index in [0.717, 1.165) is 6.07 Å². The lowest BCUT2D eigenvalue weighted by Gasteiger charge is -2.28. The van der Waals surface area contributed by atoms with Gasteiger partial charge < -0.3 is 15.5 Å². The number of aliphatic hydroxyl groups is 1. The Morgan fingerprint density at radius 3 is 2.52 bits per heavy atom. The molecule has 2 aromatic carbocycles. The van der Waals surface area contributed by atoms with E-state index in [1.807, 2.05) is 0 Å². The van der Waals surface area contributed by atoms with Crippen molar-refractivity contribution >= 4 is 32.5 Å². The second-order valence-corrected chi connectivity index (χ2v) is 7.15. The SMILES string of the molecule is O=C(O)c1ccc2cc(S(=O)(=O)O)cc(NC3(O)C=CC=CC3)c2c1. The average Bonchev–Trinajstić information content (AvgIpc) is 2.53. The number of fused-ring (bicyclic) bond motifs is 1. The molecule has 1 atom stereocenters. The number of rotatable bonds is 4. The Labute approximate surface area is 143 Å². The van der Waals surface area contributed by atoms with Crippen molar-refractivity contribution in [1.82, 2.24) is 0 Å². The third-order valence-corrected chi connectivity index (χ3v) is 4.70. The molecule has 7 nitrogen and oxygen atoms in total. The molecule has 0 fully saturated rings. The lowest BCUT2D eigenvalue weighted by Crippen LogP contribution is -2.36. The van der Waals surface area contributed by atoms with Crippen LogP contribution in [0.1, 0.15) is 16.8 Å². The van der Waals surface area contributed by atoms with Crippen LogP contribution in [-0.2, 0) is 10.1 Å². The highest BCUT2D eigenvalue weighted by Gasteiger charge is 2.25. The van der Waals surface area contributed by atoms with Crippen LogP contribution in [0.4, 0.5) is 5.69 Å². The minimum atomic E-state index is -4.47. The summed E-state index contributed by atoms with van der Waals surface area (Å²) in [6.07, 6.45) is 6.85. The minimum absolute atomic E-state index is 0.0150. The van der Waals surface area contributed by atoms with Crippen LogP contribution in [0.25, 0.3) is 10.8 Å². The predicted molar refractivity (Wildman–Crippen MR) is 92.2 cm³/mol. The summed E-state index contributed by atoms with van der Waals surface area (Å²) in [5, 5.41) is 23.4. The van der Waals surface area contributed by atoms with Crippen molar-refractivity contribution in [3.05, 3.63) is 60.2 Å². The first-order valence-electron chi connectivity index (χ1n) is 7.31. The van der Waals surface area contributed by atoms with Crippen molar-refractivity contribution in [2.45, 2.75) is 17.0 Å². The third kappa shape index (κ3) is 3.55. The summed E-state index contributed by atoms with van der Waals surface area (Å²) in [6, 6.07) is 6.55. The molecule has 0 heterocycles. The monoisotopic (exact) mass is 361 g/mol. The largest absolute Gasteiger partial charge is 0.478 e. The van der Waals surface area contributed by atoms with Crippen LogP contribution in [0.3, 0.4) is 0 Å². The summed E-state index contributed by atoms with van der Waals surface area (Å²) in [6.45, 7) is 0. The van der Waals surface area contributed by atoms with E-state index in [9.17, 15) is 22.9 Å². The maximum Gasteiger partial charge on any atom is 0.335 e. The summed E-state index contributed by atoms with van der Waals surface area (Å²) in [4.78, 5) is 10.9. The third-order valence-electron chi connectivity index (χ3n) is 3.87. The molecule has 3 rings (SSSR count). The van der Waals surface area contributed by atoms with Crippen LogP contribution >= 0.6 is 0 Å². The molecule has 0 amide bonds. The highest BCUT2D eigenvalue weighted by molar-refractivity contribution is 7.85. The zero-order valence-corrected chi connectivity index (χ0v) is 13.7. The van der Waals surface area contributed by atoms with Crippen LogP contribution < -0.4 is 5.32 Å². The quantitative estimate of drug-likeness (QED) is 0.487. The summed E-state index contributed by atoms with van der Waals surface area (Å²) in [5.41, 5.74) is -1.25. The number of allylic oxidation sites excluding steroid dienone is 2. The van der Waals surface area contributed by atoms with Crippen molar-refractivity contribution in [1.29, 1.82) is 0 Å². The van der Waals surface area contributed by atoms with Gasteiger partial charge in [0.05, 0.1) is 10.5 Å². The summed E-state index contributed by atoms with van der Waals surface area (Å²) in [7, 11) is -4.47. The van der Waals surface area contributed by atoms with Crippen LogP contribution in [0.2, 0.25) is 0 Å². The Balaban J connectivity index is 2.21. The predicted octanol–water partition coefficient (Wildman–Crippen LogP) is 2.40. The van der Waals surface area contributed by atoms with Gasteiger partial charge in [-0.2, -0.15) is 8.42 Å². The van der Waals surface area contributed by atoms with Gasteiger partial charge in [-0.1, -0.05) is 24.3 Å². The molecule has 0 aromatic heterocycles. The van der Waals surface area contributed by atoms with Gasteiger partial charge in [0.1, 0.15) is 0 Å². The zero-order chi connectivity index (χ0) is 18.2. The van der Waals surface area contributed by atoms with Gasteiger partial charge in [-0.25, -0.2) is 4.79 Å². The van der Waals surface area contributed by atoms with E-state index >= 15 is 0 Å². The Morgan fingerprint density at radius 1 is 1.16 bits per heavy atom. The van der Waals surface area contributed by atoms with Crippen LogP contribution in [0.15, 0.2) is 59.5 Å². The maximum absolute atomic E-state index is 11.5. The molecule has 0 saturated heterocycles. The Bertz CT molecular complexity index is 1020. The highest BCUT2D eigenvalue weighted by Crippen LogP contribution is 2.32. The standard InChI is InChI=1S/C17H15NO6S/c19-16(20)12-5-4-11-8-13(25(22,23)24)10-15(14(11)9-12)18-17(21)6-2-1-3-7-17/h1-6,8-10,18,21H,7H2,(H,19,20)(H,22,23,24). The zero-order valence-electron chi connectivity index (χ0n) is 12.9. The number of aromatic carboxylic acids is 1. The van der Waals surface area contributed by atoms with Crippen LogP contribution in [-0.4, -0.2) is 34.9 Å². The van der Waals surface area contributed by atoms with Gasteiger partial charge in [0.25, 0.3) is 10.1 Å². The van der Waals surface area contributed by atoms with E-state index in [0.29, 0.717) is 10.8 Å². The van der Waals surface area contributed by atoms with E-state index in [1.165, 1.54) is 30.3 Å². The van der Waals surface area contributed by atoms with Crippen molar-refractivity contribution in [2.24, 2.45) is 0 Å². The number of carboxylic acids is 1. The topological polar surface area (TPSA) is 124 Å². The fourth-order valence-electron chi connectivity index (χ4n) is 2.65. The fourth-order valence-corrected chi connectivity index (χ4v) is 3.19. The van der Waals surface area contributed by atoms with E-state index in [4.69, 9.17) is 5.11 Å². The molecule has 0 bridgehead atoms. The Morgan fingerprint density at radius 2 is 1.92 bits per heavy atom. The van der Waals surface area contributed by atoms with E-state index in [-0.39, 0.29) is 22.6 Å².